The van der Waals surface area contributed by atoms with Crippen molar-refractivity contribution in [1.29, 1.82) is 0 Å². The van der Waals surface area contributed by atoms with Gasteiger partial charge in [0.25, 0.3) is 0 Å². The molecule has 2 rings (SSSR count). The zero-order valence-electron chi connectivity index (χ0n) is 9.41. The summed E-state index contributed by atoms with van der Waals surface area (Å²) in [6, 6.07) is 7.14. The van der Waals surface area contributed by atoms with Crippen LogP contribution in [-0.4, -0.2) is 22.6 Å². The standard InChI is InChI=1S/C12H11ClN2O2S/c13-9-2-1-3-11(4-9)15(6-12(16)17)5-10-7-18-8-14-10/h1-4,7-8H,5-6H2,(H,16,17). The summed E-state index contributed by atoms with van der Waals surface area (Å²) in [5, 5.41) is 11.4. The first kappa shape index (κ1) is 12.9. The average molecular weight is 283 g/mol. The van der Waals surface area contributed by atoms with Gasteiger partial charge in [-0.3, -0.25) is 4.79 Å². The molecular formula is C12H11ClN2O2S. The Labute approximate surface area is 113 Å². The summed E-state index contributed by atoms with van der Waals surface area (Å²) in [6.45, 7) is 0.369. The minimum atomic E-state index is -0.884. The third-order valence-electron chi connectivity index (χ3n) is 2.34. The van der Waals surface area contributed by atoms with Gasteiger partial charge in [-0.25, -0.2) is 4.98 Å². The molecule has 1 aromatic carbocycles. The molecule has 4 nitrogen and oxygen atoms in total. The third-order valence-corrected chi connectivity index (χ3v) is 3.21. The first-order valence-electron chi connectivity index (χ1n) is 5.24. The fraction of sp³-hybridized carbons (Fsp3) is 0.167. The molecule has 0 amide bonds. The van der Waals surface area contributed by atoms with E-state index in [4.69, 9.17) is 16.7 Å². The van der Waals surface area contributed by atoms with Gasteiger partial charge in [0.2, 0.25) is 0 Å². The Kier molecular flexibility index (Phi) is 4.17. The molecule has 6 heteroatoms. The van der Waals surface area contributed by atoms with Crippen LogP contribution in [0, 0.1) is 0 Å². The number of thiazole rings is 1. The third kappa shape index (κ3) is 3.45. The summed E-state index contributed by atoms with van der Waals surface area (Å²) in [5.41, 5.74) is 3.35. The molecule has 0 atom stereocenters. The highest BCUT2D eigenvalue weighted by Gasteiger charge is 2.12. The summed E-state index contributed by atoms with van der Waals surface area (Å²) in [7, 11) is 0. The van der Waals surface area contributed by atoms with Crippen molar-refractivity contribution in [2.75, 3.05) is 11.4 Å². The van der Waals surface area contributed by atoms with Gasteiger partial charge in [-0.05, 0) is 18.2 Å². The van der Waals surface area contributed by atoms with Crippen LogP contribution in [0.5, 0.6) is 0 Å². The number of halogens is 1. The van der Waals surface area contributed by atoms with Gasteiger partial charge >= 0.3 is 5.97 Å². The predicted octanol–water partition coefficient (Wildman–Crippen LogP) is 2.89. The Morgan fingerprint density at radius 1 is 1.50 bits per heavy atom. The van der Waals surface area contributed by atoms with Crippen molar-refractivity contribution < 1.29 is 9.90 Å². The number of rotatable bonds is 5. The lowest BCUT2D eigenvalue weighted by atomic mass is 10.2. The number of benzene rings is 1. The van der Waals surface area contributed by atoms with Gasteiger partial charge in [0.1, 0.15) is 6.54 Å². The number of aliphatic carboxylic acids is 1. The van der Waals surface area contributed by atoms with E-state index in [-0.39, 0.29) is 6.54 Å². The van der Waals surface area contributed by atoms with Gasteiger partial charge in [-0.1, -0.05) is 17.7 Å². The SMILES string of the molecule is O=C(O)CN(Cc1cscn1)c1cccc(Cl)c1. The Balaban J connectivity index is 2.21. The molecule has 94 valence electrons. The highest BCUT2D eigenvalue weighted by Crippen LogP contribution is 2.21. The van der Waals surface area contributed by atoms with Crippen LogP contribution in [0.25, 0.3) is 0 Å². The molecule has 0 unspecified atom stereocenters. The lowest BCUT2D eigenvalue weighted by Crippen LogP contribution is -2.29. The topological polar surface area (TPSA) is 53.4 Å². The second-order valence-electron chi connectivity index (χ2n) is 3.71. The average Bonchev–Trinajstić information content (AvgIpc) is 2.80. The lowest BCUT2D eigenvalue weighted by Gasteiger charge is -2.22. The second kappa shape index (κ2) is 5.84. The normalized spacial score (nSPS) is 10.3. The van der Waals surface area contributed by atoms with E-state index in [0.29, 0.717) is 11.6 Å². The monoisotopic (exact) mass is 282 g/mol. The maximum Gasteiger partial charge on any atom is 0.323 e. The maximum atomic E-state index is 10.9. The number of carbonyl (C=O) groups is 1. The minimum Gasteiger partial charge on any atom is -0.480 e. The maximum absolute atomic E-state index is 10.9. The van der Waals surface area contributed by atoms with Crippen LogP contribution in [-0.2, 0) is 11.3 Å². The van der Waals surface area contributed by atoms with Crippen LogP contribution in [0.2, 0.25) is 5.02 Å². The highest BCUT2D eigenvalue weighted by molar-refractivity contribution is 7.07. The molecular weight excluding hydrogens is 272 g/mol. The largest absolute Gasteiger partial charge is 0.480 e. The van der Waals surface area contributed by atoms with Gasteiger partial charge in [-0.2, -0.15) is 0 Å². The highest BCUT2D eigenvalue weighted by atomic mass is 35.5. The number of hydrogen-bond acceptors (Lipinski definition) is 4. The van der Waals surface area contributed by atoms with Gasteiger partial charge in [0, 0.05) is 16.1 Å². The molecule has 0 aliphatic heterocycles. The Morgan fingerprint density at radius 2 is 2.33 bits per heavy atom. The molecule has 0 bridgehead atoms. The van der Waals surface area contributed by atoms with Crippen LogP contribution in [0.4, 0.5) is 5.69 Å². The minimum absolute atomic E-state index is 0.0854. The summed E-state index contributed by atoms with van der Waals surface area (Å²) in [4.78, 5) is 16.8. The van der Waals surface area contributed by atoms with Crippen molar-refractivity contribution in [3.63, 3.8) is 0 Å². The zero-order valence-corrected chi connectivity index (χ0v) is 11.0. The fourth-order valence-corrected chi connectivity index (χ4v) is 2.32. The number of carboxylic acid groups (broad SMARTS) is 1. The first-order chi connectivity index (χ1) is 8.65. The van der Waals surface area contributed by atoms with Crippen LogP contribution >= 0.6 is 22.9 Å². The number of nitrogens with zero attached hydrogens (tertiary/aromatic N) is 2. The number of hydrogen-bond donors (Lipinski definition) is 1. The van der Waals surface area contributed by atoms with Gasteiger partial charge in [0.15, 0.2) is 0 Å². The van der Waals surface area contributed by atoms with Gasteiger partial charge in [0.05, 0.1) is 17.7 Å². The molecule has 2 aromatic rings. The molecule has 1 N–H and O–H groups in total. The first-order valence-corrected chi connectivity index (χ1v) is 6.56. The molecule has 1 heterocycles. The summed E-state index contributed by atoms with van der Waals surface area (Å²) in [5.74, 6) is -0.884. The van der Waals surface area contributed by atoms with Gasteiger partial charge in [-0.15, -0.1) is 11.3 Å². The molecule has 0 fully saturated rings. The summed E-state index contributed by atoms with van der Waals surface area (Å²) in [6.07, 6.45) is 0. The molecule has 0 saturated carbocycles. The zero-order chi connectivity index (χ0) is 13.0. The molecule has 18 heavy (non-hydrogen) atoms. The van der Waals surface area contributed by atoms with Crippen molar-refractivity contribution in [2.45, 2.75) is 6.54 Å². The molecule has 0 spiro atoms. The van der Waals surface area contributed by atoms with Crippen molar-refractivity contribution >= 4 is 34.6 Å². The number of aromatic nitrogens is 1. The van der Waals surface area contributed by atoms with Gasteiger partial charge < -0.3 is 10.0 Å². The number of carboxylic acids is 1. The van der Waals surface area contributed by atoms with E-state index in [1.54, 1.807) is 28.6 Å². The predicted molar refractivity (Wildman–Crippen MR) is 72.3 cm³/mol. The lowest BCUT2D eigenvalue weighted by molar-refractivity contribution is -0.135. The Morgan fingerprint density at radius 3 is 2.94 bits per heavy atom. The van der Waals surface area contributed by atoms with E-state index in [9.17, 15) is 4.79 Å². The van der Waals surface area contributed by atoms with Crippen molar-refractivity contribution in [1.82, 2.24) is 4.98 Å². The van der Waals surface area contributed by atoms with Crippen molar-refractivity contribution in [3.05, 3.63) is 45.9 Å². The van der Waals surface area contributed by atoms with E-state index >= 15 is 0 Å². The second-order valence-corrected chi connectivity index (χ2v) is 4.86. The Bertz CT molecular complexity index is 531. The number of anilines is 1. The van der Waals surface area contributed by atoms with E-state index in [1.807, 2.05) is 11.4 Å². The smallest absolute Gasteiger partial charge is 0.323 e. The molecule has 0 radical (unpaired) electrons. The molecule has 0 saturated heterocycles. The molecule has 1 aromatic heterocycles. The van der Waals surface area contributed by atoms with Crippen molar-refractivity contribution in [3.8, 4) is 0 Å². The fourth-order valence-electron chi connectivity index (χ4n) is 1.59. The van der Waals surface area contributed by atoms with Crippen LogP contribution in [0.3, 0.4) is 0 Å². The van der Waals surface area contributed by atoms with Crippen LogP contribution < -0.4 is 4.90 Å². The van der Waals surface area contributed by atoms with E-state index in [0.717, 1.165) is 11.4 Å². The van der Waals surface area contributed by atoms with Crippen LogP contribution in [0.1, 0.15) is 5.69 Å². The van der Waals surface area contributed by atoms with Crippen molar-refractivity contribution in [2.24, 2.45) is 0 Å². The summed E-state index contributed by atoms with van der Waals surface area (Å²) < 4.78 is 0. The Hall–Kier alpha value is -1.59. The molecule has 0 aliphatic carbocycles. The van der Waals surface area contributed by atoms with Crippen LogP contribution in [0.15, 0.2) is 35.2 Å². The molecule has 0 aliphatic rings. The quantitative estimate of drug-likeness (QED) is 0.916. The van der Waals surface area contributed by atoms with E-state index in [2.05, 4.69) is 4.98 Å². The summed E-state index contributed by atoms with van der Waals surface area (Å²) >= 11 is 7.41. The van der Waals surface area contributed by atoms with E-state index < -0.39 is 5.97 Å². The van der Waals surface area contributed by atoms with E-state index in [1.165, 1.54) is 11.3 Å².